The van der Waals surface area contributed by atoms with Crippen LogP contribution < -0.4 is 20.8 Å². The van der Waals surface area contributed by atoms with Crippen molar-refractivity contribution < 1.29 is 9.47 Å². The molecule has 0 spiro atoms. The maximum absolute atomic E-state index is 12.7. The van der Waals surface area contributed by atoms with Crippen LogP contribution in [0.3, 0.4) is 0 Å². The molecule has 2 heterocycles. The molecule has 0 saturated carbocycles. The highest BCUT2D eigenvalue weighted by atomic mass is 32.1. The number of hydrogen-bond donors (Lipinski definition) is 1. The lowest BCUT2D eigenvalue weighted by molar-refractivity contribution is 0.339. The van der Waals surface area contributed by atoms with Gasteiger partial charge in [-0.05, 0) is 30.8 Å². The highest BCUT2D eigenvalue weighted by molar-refractivity contribution is 7.19. The average Bonchev–Trinajstić information content (AvgIpc) is 3.08. The van der Waals surface area contributed by atoms with Crippen molar-refractivity contribution in [2.24, 2.45) is 12.8 Å². The Morgan fingerprint density at radius 3 is 2.59 bits per heavy atom. The lowest BCUT2D eigenvalue weighted by Gasteiger charge is -2.13. The fourth-order valence-electron chi connectivity index (χ4n) is 3.15. The summed E-state index contributed by atoms with van der Waals surface area (Å²) in [5, 5.41) is 0.742. The van der Waals surface area contributed by atoms with Gasteiger partial charge < -0.3 is 24.7 Å². The molecule has 1 aromatic carbocycles. The minimum Gasteiger partial charge on any atom is -0.493 e. The lowest BCUT2D eigenvalue weighted by atomic mass is 10.1. The van der Waals surface area contributed by atoms with Crippen LogP contribution in [-0.4, -0.2) is 43.8 Å². The van der Waals surface area contributed by atoms with Crippen molar-refractivity contribution in [2.75, 3.05) is 34.4 Å². The zero-order valence-electron chi connectivity index (χ0n) is 16.1. The second kappa shape index (κ2) is 8.12. The van der Waals surface area contributed by atoms with Crippen LogP contribution in [0, 0.1) is 0 Å². The molecule has 0 unspecified atom stereocenters. The average molecular weight is 388 g/mol. The number of ether oxygens (including phenoxy) is 2. The number of benzene rings is 1. The first-order chi connectivity index (χ1) is 13.0. The van der Waals surface area contributed by atoms with Gasteiger partial charge >= 0.3 is 0 Å². The highest BCUT2D eigenvalue weighted by Gasteiger charge is 2.15. The smallest absolute Gasteiger partial charge is 0.259 e. The fraction of sp³-hybridized carbons (Fsp3) is 0.350. The molecule has 2 N–H and O–H groups in total. The van der Waals surface area contributed by atoms with E-state index < -0.39 is 0 Å². The molecule has 0 saturated heterocycles. The molecule has 0 bridgehead atoms. The lowest BCUT2D eigenvalue weighted by Crippen LogP contribution is -2.24. The number of pyridine rings is 1. The standard InChI is InChI=1S/C20H25N3O3S/c1-22(8-7-21)11-14-10-15-19(27-14)16(12-23(2)20(15)24)13-5-6-17(25-3)18(9-13)26-4/h5-6,9-10,12H,7-8,11,21H2,1-4H3. The number of nitrogens with two attached hydrogens (primary N) is 1. The molecule has 0 fully saturated rings. The Balaban J connectivity index is 2.14. The third-order valence-corrected chi connectivity index (χ3v) is 5.69. The van der Waals surface area contributed by atoms with E-state index in [-0.39, 0.29) is 5.56 Å². The summed E-state index contributed by atoms with van der Waals surface area (Å²) < 4.78 is 13.4. The van der Waals surface area contributed by atoms with Crippen molar-refractivity contribution in [2.45, 2.75) is 6.54 Å². The zero-order chi connectivity index (χ0) is 19.6. The van der Waals surface area contributed by atoms with Gasteiger partial charge in [0.15, 0.2) is 11.5 Å². The van der Waals surface area contributed by atoms with Crippen LogP contribution in [0.4, 0.5) is 0 Å². The van der Waals surface area contributed by atoms with Crippen LogP contribution in [-0.2, 0) is 13.6 Å². The number of thiophene rings is 1. The van der Waals surface area contributed by atoms with Crippen molar-refractivity contribution in [1.29, 1.82) is 0 Å². The van der Waals surface area contributed by atoms with Gasteiger partial charge in [-0.15, -0.1) is 11.3 Å². The van der Waals surface area contributed by atoms with Crippen LogP contribution in [0.15, 0.2) is 35.3 Å². The minimum atomic E-state index is 0.0122. The molecular weight excluding hydrogens is 362 g/mol. The van der Waals surface area contributed by atoms with Gasteiger partial charge in [-0.25, -0.2) is 0 Å². The maximum Gasteiger partial charge on any atom is 0.259 e. The van der Waals surface area contributed by atoms with Gasteiger partial charge in [-0.2, -0.15) is 0 Å². The Morgan fingerprint density at radius 2 is 1.93 bits per heavy atom. The number of hydrogen-bond acceptors (Lipinski definition) is 6. The molecule has 7 heteroatoms. The third kappa shape index (κ3) is 3.85. The van der Waals surface area contributed by atoms with E-state index >= 15 is 0 Å². The van der Waals surface area contributed by atoms with Crippen molar-refractivity contribution >= 4 is 21.4 Å². The molecule has 0 aliphatic carbocycles. The summed E-state index contributed by atoms with van der Waals surface area (Å²) >= 11 is 1.65. The number of likely N-dealkylation sites (N-methyl/N-ethyl adjacent to an activating group) is 1. The van der Waals surface area contributed by atoms with Crippen molar-refractivity contribution in [3.8, 4) is 22.6 Å². The van der Waals surface area contributed by atoms with E-state index in [1.807, 2.05) is 37.5 Å². The topological polar surface area (TPSA) is 69.7 Å². The Hall–Kier alpha value is -2.35. The van der Waals surface area contributed by atoms with E-state index in [1.165, 1.54) is 0 Å². The van der Waals surface area contributed by atoms with Crippen LogP contribution in [0.2, 0.25) is 0 Å². The summed E-state index contributed by atoms with van der Waals surface area (Å²) in [4.78, 5) is 16.0. The molecule has 6 nitrogen and oxygen atoms in total. The summed E-state index contributed by atoms with van der Waals surface area (Å²) in [7, 11) is 7.05. The Morgan fingerprint density at radius 1 is 1.19 bits per heavy atom. The molecule has 3 aromatic rings. The quantitative estimate of drug-likeness (QED) is 0.675. The first-order valence-corrected chi connectivity index (χ1v) is 9.53. The molecule has 0 aliphatic rings. The summed E-state index contributed by atoms with van der Waals surface area (Å²) in [6.45, 7) is 2.19. The van der Waals surface area contributed by atoms with Crippen LogP contribution in [0.5, 0.6) is 11.5 Å². The molecule has 27 heavy (non-hydrogen) atoms. The molecule has 0 atom stereocenters. The molecule has 3 rings (SSSR count). The minimum absolute atomic E-state index is 0.0122. The second-order valence-electron chi connectivity index (χ2n) is 6.51. The molecule has 144 valence electrons. The predicted octanol–water partition coefficient (Wildman–Crippen LogP) is 2.67. The predicted molar refractivity (Wildman–Crippen MR) is 111 cm³/mol. The van der Waals surface area contributed by atoms with E-state index in [0.29, 0.717) is 18.0 Å². The Labute approximate surface area is 162 Å². The van der Waals surface area contributed by atoms with Gasteiger partial charge in [0, 0.05) is 48.0 Å². The molecule has 0 amide bonds. The molecule has 2 aromatic heterocycles. The summed E-state index contributed by atoms with van der Waals surface area (Å²) in [6.07, 6.45) is 1.88. The van der Waals surface area contributed by atoms with E-state index in [9.17, 15) is 4.79 Å². The van der Waals surface area contributed by atoms with E-state index in [2.05, 4.69) is 4.90 Å². The normalized spacial score (nSPS) is 11.3. The van der Waals surface area contributed by atoms with Gasteiger partial charge in [-0.1, -0.05) is 6.07 Å². The van der Waals surface area contributed by atoms with Gasteiger partial charge in [0.25, 0.3) is 5.56 Å². The van der Waals surface area contributed by atoms with Crippen LogP contribution in [0.25, 0.3) is 21.2 Å². The van der Waals surface area contributed by atoms with Crippen molar-refractivity contribution in [3.05, 3.63) is 45.7 Å². The van der Waals surface area contributed by atoms with Gasteiger partial charge in [0.2, 0.25) is 0 Å². The zero-order valence-corrected chi connectivity index (χ0v) is 16.9. The Kier molecular flexibility index (Phi) is 5.84. The molecule has 0 radical (unpaired) electrons. The van der Waals surface area contributed by atoms with Crippen molar-refractivity contribution in [3.63, 3.8) is 0 Å². The SMILES string of the molecule is COc1ccc(-c2cn(C)c(=O)c3cc(CN(C)CCN)sc23)cc1OC. The number of aromatic nitrogens is 1. The second-order valence-corrected chi connectivity index (χ2v) is 7.65. The van der Waals surface area contributed by atoms with Crippen molar-refractivity contribution in [1.82, 2.24) is 9.47 Å². The van der Waals surface area contributed by atoms with Gasteiger partial charge in [0.1, 0.15) is 0 Å². The van der Waals surface area contributed by atoms with E-state index in [1.54, 1.807) is 37.2 Å². The fourth-order valence-corrected chi connectivity index (χ4v) is 4.42. The van der Waals surface area contributed by atoms with E-state index in [4.69, 9.17) is 15.2 Å². The first-order valence-electron chi connectivity index (χ1n) is 8.71. The van der Waals surface area contributed by atoms with Crippen LogP contribution in [0.1, 0.15) is 4.88 Å². The number of aryl methyl sites for hydroxylation is 1. The number of rotatable bonds is 7. The highest BCUT2D eigenvalue weighted by Crippen LogP contribution is 2.37. The summed E-state index contributed by atoms with van der Waals surface area (Å²) in [6, 6.07) is 7.81. The third-order valence-electron chi connectivity index (χ3n) is 4.53. The van der Waals surface area contributed by atoms with Crippen LogP contribution >= 0.6 is 11.3 Å². The monoisotopic (exact) mass is 387 g/mol. The molecule has 0 aliphatic heterocycles. The molecular formula is C20H25N3O3S. The van der Waals surface area contributed by atoms with Gasteiger partial charge in [-0.3, -0.25) is 4.79 Å². The number of nitrogens with zero attached hydrogens (tertiary/aromatic N) is 2. The summed E-state index contributed by atoms with van der Waals surface area (Å²) in [5.74, 6) is 1.34. The summed E-state index contributed by atoms with van der Waals surface area (Å²) in [5.41, 5.74) is 7.64. The van der Waals surface area contributed by atoms with Gasteiger partial charge in [0.05, 0.1) is 19.6 Å². The van der Waals surface area contributed by atoms with E-state index in [0.717, 1.165) is 39.2 Å². The number of fused-ring (bicyclic) bond motifs is 1. The maximum atomic E-state index is 12.7. The first kappa shape index (κ1) is 19.4. The Bertz CT molecular complexity index is 1010. The number of methoxy groups -OCH3 is 2. The largest absolute Gasteiger partial charge is 0.493 e.